The van der Waals surface area contributed by atoms with Crippen molar-refractivity contribution >= 4 is 21.8 Å². The summed E-state index contributed by atoms with van der Waals surface area (Å²) >= 11 is 0. The average Bonchev–Trinajstić information content (AvgIpc) is 3.69. The standard InChI is InChI=1S/C49H56N4O/c1-31-23-24-50-42(25-31)53-40-20-15-14-19-36(40)37-22-21-35(27-41(37)53)54-34-18-16-17-33(26-34)52-30-32(29-51-52)43-38(46(2,3)4)28-39(47(5,6)7)44(48(8,9)10)45(43)49(11,12)13/h14-30H,1-13H3. The molecule has 5 nitrogen and oxygen atoms in total. The van der Waals surface area contributed by atoms with Crippen LogP contribution in [0.15, 0.2) is 104 Å². The van der Waals surface area contributed by atoms with Gasteiger partial charge in [-0.2, -0.15) is 5.10 Å². The van der Waals surface area contributed by atoms with E-state index in [0.29, 0.717) is 0 Å². The molecule has 0 bridgehead atoms. The van der Waals surface area contributed by atoms with Crippen molar-refractivity contribution in [2.45, 2.75) is 112 Å². The van der Waals surface area contributed by atoms with Gasteiger partial charge in [0, 0.05) is 40.9 Å². The second-order valence-electron chi connectivity index (χ2n) is 19.1. The molecule has 54 heavy (non-hydrogen) atoms. The number of ether oxygens (including phenoxy) is 1. The molecule has 0 amide bonds. The lowest BCUT2D eigenvalue weighted by Gasteiger charge is -2.40. The van der Waals surface area contributed by atoms with Crippen molar-refractivity contribution in [2.75, 3.05) is 0 Å². The lowest BCUT2D eigenvalue weighted by Crippen LogP contribution is -2.31. The van der Waals surface area contributed by atoms with Gasteiger partial charge in [-0.15, -0.1) is 0 Å². The van der Waals surface area contributed by atoms with Gasteiger partial charge >= 0.3 is 0 Å². The Balaban J connectivity index is 1.32. The third-order valence-corrected chi connectivity index (χ3v) is 10.4. The van der Waals surface area contributed by atoms with Gasteiger partial charge in [-0.05, 0) is 104 Å². The fourth-order valence-corrected chi connectivity index (χ4v) is 8.02. The van der Waals surface area contributed by atoms with E-state index in [1.54, 1.807) is 0 Å². The van der Waals surface area contributed by atoms with Crippen molar-refractivity contribution in [2.24, 2.45) is 0 Å². The number of hydrogen-bond donors (Lipinski definition) is 0. The fraction of sp³-hybridized carbons (Fsp3) is 0.347. The Morgan fingerprint density at radius 2 is 1.24 bits per heavy atom. The first-order valence-electron chi connectivity index (χ1n) is 19.2. The van der Waals surface area contributed by atoms with Crippen molar-refractivity contribution < 1.29 is 4.74 Å². The minimum atomic E-state index is -0.0999. The van der Waals surface area contributed by atoms with Gasteiger partial charge in [0.1, 0.15) is 17.3 Å². The van der Waals surface area contributed by atoms with Crippen LogP contribution < -0.4 is 4.74 Å². The number of aromatic nitrogens is 4. The summed E-state index contributed by atoms with van der Waals surface area (Å²) in [6.45, 7) is 30.3. The third kappa shape index (κ3) is 6.85. The summed E-state index contributed by atoms with van der Waals surface area (Å²) < 4.78 is 10.8. The van der Waals surface area contributed by atoms with E-state index in [4.69, 9.17) is 14.8 Å². The number of pyridine rings is 1. The van der Waals surface area contributed by atoms with Crippen molar-refractivity contribution in [3.8, 4) is 34.1 Å². The van der Waals surface area contributed by atoms with Crippen LogP contribution in [0, 0.1) is 6.92 Å². The Kier molecular flexibility index (Phi) is 8.95. The summed E-state index contributed by atoms with van der Waals surface area (Å²) in [6.07, 6.45) is 6.11. The van der Waals surface area contributed by atoms with Crippen LogP contribution >= 0.6 is 0 Å². The molecule has 5 heteroatoms. The summed E-state index contributed by atoms with van der Waals surface area (Å²) in [6, 6.07) is 29.7. The molecule has 0 radical (unpaired) electrons. The van der Waals surface area contributed by atoms with Crippen LogP contribution in [0.3, 0.4) is 0 Å². The van der Waals surface area contributed by atoms with Gasteiger partial charge in [0.15, 0.2) is 0 Å². The van der Waals surface area contributed by atoms with Crippen molar-refractivity contribution in [3.05, 3.63) is 131 Å². The topological polar surface area (TPSA) is 44.9 Å². The van der Waals surface area contributed by atoms with E-state index in [9.17, 15) is 0 Å². The van der Waals surface area contributed by atoms with E-state index in [2.05, 4.69) is 168 Å². The zero-order valence-electron chi connectivity index (χ0n) is 34.5. The van der Waals surface area contributed by atoms with Crippen LogP contribution in [0.1, 0.15) is 111 Å². The number of para-hydroxylation sites is 1. The fourth-order valence-electron chi connectivity index (χ4n) is 8.02. The molecule has 0 aliphatic carbocycles. The van der Waals surface area contributed by atoms with Gasteiger partial charge < -0.3 is 4.74 Å². The van der Waals surface area contributed by atoms with Gasteiger partial charge in [-0.3, -0.25) is 4.57 Å². The first kappa shape index (κ1) is 37.2. The molecular weight excluding hydrogens is 661 g/mol. The molecule has 0 N–H and O–H groups in total. The molecule has 0 spiro atoms. The largest absolute Gasteiger partial charge is 0.457 e. The van der Waals surface area contributed by atoms with E-state index in [-0.39, 0.29) is 21.7 Å². The molecule has 7 rings (SSSR count). The van der Waals surface area contributed by atoms with E-state index < -0.39 is 0 Å². The van der Waals surface area contributed by atoms with Crippen LogP contribution in [0.2, 0.25) is 0 Å². The Bertz CT molecular complexity index is 2520. The predicted molar refractivity (Wildman–Crippen MR) is 227 cm³/mol. The zero-order chi connectivity index (χ0) is 39.0. The van der Waals surface area contributed by atoms with E-state index in [0.717, 1.165) is 50.6 Å². The normalized spacial score (nSPS) is 12.9. The highest BCUT2D eigenvalue weighted by atomic mass is 16.5. The zero-order valence-corrected chi connectivity index (χ0v) is 34.5. The van der Waals surface area contributed by atoms with Gasteiger partial charge in [0.2, 0.25) is 0 Å². The maximum atomic E-state index is 6.60. The monoisotopic (exact) mass is 716 g/mol. The van der Waals surface area contributed by atoms with Crippen LogP contribution in [0.25, 0.3) is 44.4 Å². The van der Waals surface area contributed by atoms with Crippen LogP contribution in [-0.4, -0.2) is 19.3 Å². The van der Waals surface area contributed by atoms with Crippen LogP contribution in [-0.2, 0) is 21.7 Å². The molecule has 0 atom stereocenters. The van der Waals surface area contributed by atoms with Crippen LogP contribution in [0.5, 0.6) is 11.5 Å². The minimum absolute atomic E-state index is 0.00958. The van der Waals surface area contributed by atoms with Gasteiger partial charge in [-0.25, -0.2) is 9.67 Å². The number of fused-ring (bicyclic) bond motifs is 3. The number of hydrogen-bond acceptors (Lipinski definition) is 3. The van der Waals surface area contributed by atoms with Crippen molar-refractivity contribution in [3.63, 3.8) is 0 Å². The van der Waals surface area contributed by atoms with Gasteiger partial charge in [0.05, 0.1) is 22.9 Å². The molecule has 4 aromatic carbocycles. The molecule has 3 heterocycles. The number of rotatable bonds is 5. The smallest absolute Gasteiger partial charge is 0.137 e. The van der Waals surface area contributed by atoms with Gasteiger partial charge in [-0.1, -0.05) is 113 Å². The molecule has 0 saturated heterocycles. The van der Waals surface area contributed by atoms with Gasteiger partial charge in [0.25, 0.3) is 0 Å². The Morgan fingerprint density at radius 1 is 0.574 bits per heavy atom. The van der Waals surface area contributed by atoms with Crippen LogP contribution in [0.4, 0.5) is 0 Å². The predicted octanol–water partition coefficient (Wildman–Crippen LogP) is 13.3. The second kappa shape index (κ2) is 13.0. The maximum Gasteiger partial charge on any atom is 0.137 e. The maximum absolute atomic E-state index is 6.60. The first-order valence-corrected chi connectivity index (χ1v) is 19.2. The summed E-state index contributed by atoms with van der Waals surface area (Å²) in [4.78, 5) is 4.75. The molecule has 278 valence electrons. The molecular formula is C49H56N4O. The number of benzene rings is 4. The molecule has 3 aromatic heterocycles. The minimum Gasteiger partial charge on any atom is -0.457 e. The molecule has 0 unspecified atom stereocenters. The quantitative estimate of drug-likeness (QED) is 0.178. The lowest BCUT2D eigenvalue weighted by molar-refractivity contribution is 0.483. The summed E-state index contributed by atoms with van der Waals surface area (Å²) in [7, 11) is 0. The van der Waals surface area contributed by atoms with E-state index >= 15 is 0 Å². The molecule has 7 aromatic rings. The Hall–Kier alpha value is -5.16. The van der Waals surface area contributed by atoms with Crippen molar-refractivity contribution in [1.29, 1.82) is 0 Å². The summed E-state index contributed by atoms with van der Waals surface area (Å²) in [5.74, 6) is 2.40. The Labute approximate surface area is 322 Å². The van der Waals surface area contributed by atoms with E-state index in [1.165, 1.54) is 33.2 Å². The SMILES string of the molecule is Cc1ccnc(-n2c3ccccc3c3ccc(Oc4cccc(-n5cc(-c6c(C(C)(C)C)cc(C(C)(C)C)c(C(C)(C)C)c6C(C)(C)C)cn5)c4)cc32)c1. The summed E-state index contributed by atoms with van der Waals surface area (Å²) in [5, 5.41) is 7.34. The average molecular weight is 717 g/mol. The molecule has 0 fully saturated rings. The lowest BCUT2D eigenvalue weighted by atomic mass is 9.64. The van der Waals surface area contributed by atoms with Crippen molar-refractivity contribution in [1.82, 2.24) is 19.3 Å². The highest BCUT2D eigenvalue weighted by Crippen LogP contribution is 2.49. The third-order valence-electron chi connectivity index (χ3n) is 10.4. The highest BCUT2D eigenvalue weighted by molar-refractivity contribution is 6.09. The Morgan fingerprint density at radius 3 is 1.91 bits per heavy atom. The molecule has 0 aliphatic heterocycles. The molecule has 0 saturated carbocycles. The second-order valence-corrected chi connectivity index (χ2v) is 19.1. The first-order chi connectivity index (χ1) is 25.2. The molecule has 0 aliphatic rings. The summed E-state index contributed by atoms with van der Waals surface area (Å²) in [5.41, 5.74) is 12.1. The number of aryl methyl sites for hydroxylation is 1. The highest BCUT2D eigenvalue weighted by Gasteiger charge is 2.37. The van der Waals surface area contributed by atoms with E-state index in [1.807, 2.05) is 35.3 Å². The number of nitrogens with zero attached hydrogens (tertiary/aromatic N) is 4.